The van der Waals surface area contributed by atoms with Crippen molar-refractivity contribution in [1.82, 2.24) is 15.1 Å². The number of carbonyl (C=O) groups excluding carboxylic acids is 2. The van der Waals surface area contributed by atoms with Gasteiger partial charge in [0.15, 0.2) is 5.43 Å². The molecule has 2 heterocycles. The SMILES string of the molecule is Cn1[nH]c(N2CCC(=O)NC2=O)c2ccc(=O)cc1-2. The highest BCUT2D eigenvalue weighted by Gasteiger charge is 2.28. The van der Waals surface area contributed by atoms with Crippen LogP contribution in [0, 0.1) is 0 Å². The summed E-state index contributed by atoms with van der Waals surface area (Å²) < 4.78 is 1.68. The molecule has 0 radical (unpaired) electrons. The summed E-state index contributed by atoms with van der Waals surface area (Å²) in [6, 6.07) is 4.17. The van der Waals surface area contributed by atoms with E-state index in [9.17, 15) is 14.4 Å². The summed E-state index contributed by atoms with van der Waals surface area (Å²) in [5, 5.41) is 5.30. The Labute approximate surface area is 108 Å². The summed E-state index contributed by atoms with van der Waals surface area (Å²) in [6.07, 6.45) is 0.260. The van der Waals surface area contributed by atoms with E-state index in [4.69, 9.17) is 0 Å². The fourth-order valence-electron chi connectivity index (χ4n) is 2.25. The molecule has 7 nitrogen and oxygen atoms in total. The van der Waals surface area contributed by atoms with Crippen molar-refractivity contribution in [2.24, 2.45) is 7.05 Å². The van der Waals surface area contributed by atoms with Gasteiger partial charge in [0, 0.05) is 31.6 Å². The second-order valence-corrected chi connectivity index (χ2v) is 4.45. The van der Waals surface area contributed by atoms with Crippen molar-refractivity contribution in [3.05, 3.63) is 28.4 Å². The zero-order valence-corrected chi connectivity index (χ0v) is 10.3. The summed E-state index contributed by atoms with van der Waals surface area (Å²) >= 11 is 0. The van der Waals surface area contributed by atoms with Gasteiger partial charge in [-0.1, -0.05) is 0 Å². The summed E-state index contributed by atoms with van der Waals surface area (Å²) in [6.45, 7) is 0.319. The lowest BCUT2D eigenvalue weighted by Crippen LogP contribution is -2.49. The number of amides is 3. The predicted molar refractivity (Wildman–Crippen MR) is 68.2 cm³/mol. The van der Waals surface area contributed by atoms with Crippen LogP contribution in [0.5, 0.6) is 0 Å². The molecule has 7 heteroatoms. The smallest absolute Gasteiger partial charge is 0.290 e. The number of rotatable bonds is 1. The number of fused-ring (bicyclic) bond motifs is 1. The number of aromatic nitrogens is 2. The molecular weight excluding hydrogens is 248 g/mol. The normalized spacial score (nSPS) is 15.9. The molecule has 3 amide bonds. The molecule has 98 valence electrons. The van der Waals surface area contributed by atoms with E-state index in [0.717, 1.165) is 5.56 Å². The summed E-state index contributed by atoms with van der Waals surface area (Å²) in [4.78, 5) is 35.8. The van der Waals surface area contributed by atoms with Crippen LogP contribution < -0.4 is 15.6 Å². The molecule has 0 atom stereocenters. The Morgan fingerprint density at radius 2 is 2.00 bits per heavy atom. The van der Waals surface area contributed by atoms with Gasteiger partial charge >= 0.3 is 6.03 Å². The number of aromatic amines is 1. The lowest BCUT2D eigenvalue weighted by Gasteiger charge is -2.25. The van der Waals surface area contributed by atoms with E-state index in [-0.39, 0.29) is 17.8 Å². The zero-order chi connectivity index (χ0) is 13.6. The average Bonchev–Trinajstić information content (AvgIpc) is 2.66. The molecule has 3 aliphatic rings. The average molecular weight is 260 g/mol. The van der Waals surface area contributed by atoms with Crippen LogP contribution in [-0.2, 0) is 11.8 Å². The van der Waals surface area contributed by atoms with Gasteiger partial charge in [-0.05, 0) is 12.1 Å². The summed E-state index contributed by atoms with van der Waals surface area (Å²) in [5.41, 5.74) is 1.39. The number of carbonyl (C=O) groups is 2. The molecular formula is C12H12N4O3. The van der Waals surface area contributed by atoms with Gasteiger partial charge in [0.05, 0.1) is 5.69 Å². The molecule has 0 aromatic carbocycles. The molecule has 1 fully saturated rings. The van der Waals surface area contributed by atoms with E-state index >= 15 is 0 Å². The molecule has 1 saturated heterocycles. The third-order valence-corrected chi connectivity index (χ3v) is 3.18. The molecule has 2 N–H and O–H groups in total. The maximum atomic E-state index is 11.8. The molecule has 2 aliphatic heterocycles. The highest BCUT2D eigenvalue weighted by atomic mass is 16.2. The Hall–Kier alpha value is -2.57. The minimum absolute atomic E-state index is 0.0908. The van der Waals surface area contributed by atoms with Crippen LogP contribution in [0.3, 0.4) is 0 Å². The molecule has 0 saturated carbocycles. The first kappa shape index (κ1) is 11.5. The molecule has 0 spiro atoms. The van der Waals surface area contributed by atoms with Crippen LogP contribution in [0.4, 0.5) is 10.6 Å². The highest BCUT2D eigenvalue weighted by molar-refractivity contribution is 6.06. The van der Waals surface area contributed by atoms with Gasteiger partial charge in [-0.15, -0.1) is 0 Å². The van der Waals surface area contributed by atoms with Crippen LogP contribution in [-0.4, -0.2) is 28.3 Å². The second-order valence-electron chi connectivity index (χ2n) is 4.45. The maximum Gasteiger partial charge on any atom is 0.329 e. The van der Waals surface area contributed by atoms with Crippen molar-refractivity contribution in [3.8, 4) is 11.3 Å². The second kappa shape index (κ2) is 3.98. The molecule has 0 aromatic rings. The maximum absolute atomic E-state index is 11.8. The standard InChI is InChI=1S/C12H12N4O3/c1-15-9-6-7(17)2-3-8(9)11(14-15)16-5-4-10(18)13-12(16)19/h2-3,6,14H,4-5H2,1H3,(H,13,18,19). The van der Waals surface area contributed by atoms with Crippen molar-refractivity contribution in [1.29, 1.82) is 0 Å². The van der Waals surface area contributed by atoms with Crippen molar-refractivity contribution >= 4 is 17.8 Å². The Morgan fingerprint density at radius 3 is 2.74 bits per heavy atom. The van der Waals surface area contributed by atoms with Gasteiger partial charge in [-0.25, -0.2) is 4.79 Å². The van der Waals surface area contributed by atoms with E-state index in [1.807, 2.05) is 0 Å². The first-order chi connectivity index (χ1) is 9.06. The van der Waals surface area contributed by atoms with Crippen LogP contribution in [0.2, 0.25) is 0 Å². The van der Waals surface area contributed by atoms with Gasteiger partial charge in [0.2, 0.25) is 5.91 Å². The first-order valence-corrected chi connectivity index (χ1v) is 5.86. The largest absolute Gasteiger partial charge is 0.329 e. The first-order valence-electron chi connectivity index (χ1n) is 5.86. The number of hydrogen-bond donors (Lipinski definition) is 2. The molecule has 0 bridgehead atoms. The lowest BCUT2D eigenvalue weighted by atomic mass is 10.1. The van der Waals surface area contributed by atoms with E-state index in [1.54, 1.807) is 17.8 Å². The van der Waals surface area contributed by atoms with Gasteiger partial charge in [0.25, 0.3) is 0 Å². The van der Waals surface area contributed by atoms with E-state index < -0.39 is 6.03 Å². The Kier molecular flexibility index (Phi) is 2.41. The zero-order valence-electron chi connectivity index (χ0n) is 10.3. The third-order valence-electron chi connectivity index (χ3n) is 3.18. The van der Waals surface area contributed by atoms with Crippen molar-refractivity contribution in [2.75, 3.05) is 11.4 Å². The van der Waals surface area contributed by atoms with E-state index in [2.05, 4.69) is 10.4 Å². The molecule has 0 aromatic heterocycles. The summed E-state index contributed by atoms with van der Waals surface area (Å²) in [5.74, 6) is 0.311. The van der Waals surface area contributed by atoms with E-state index in [1.165, 1.54) is 17.0 Å². The van der Waals surface area contributed by atoms with Crippen molar-refractivity contribution in [3.63, 3.8) is 0 Å². The number of hydrogen-bond acceptors (Lipinski definition) is 3. The number of urea groups is 1. The summed E-state index contributed by atoms with van der Waals surface area (Å²) in [7, 11) is 1.76. The van der Waals surface area contributed by atoms with Gasteiger partial charge < -0.3 is 0 Å². The minimum atomic E-state index is -0.453. The Morgan fingerprint density at radius 1 is 1.21 bits per heavy atom. The minimum Gasteiger partial charge on any atom is -0.290 e. The van der Waals surface area contributed by atoms with Crippen LogP contribution in [0.15, 0.2) is 23.0 Å². The van der Waals surface area contributed by atoms with Crippen LogP contribution >= 0.6 is 0 Å². The van der Waals surface area contributed by atoms with E-state index in [0.29, 0.717) is 18.1 Å². The quantitative estimate of drug-likeness (QED) is 0.771. The van der Waals surface area contributed by atoms with Crippen molar-refractivity contribution < 1.29 is 9.59 Å². The number of imide groups is 1. The number of anilines is 1. The number of H-pyrrole nitrogens is 1. The highest BCUT2D eigenvalue weighted by Crippen LogP contribution is 2.31. The predicted octanol–water partition coefficient (Wildman–Crippen LogP) is 0.265. The van der Waals surface area contributed by atoms with Gasteiger partial charge in [-0.2, -0.15) is 0 Å². The Bertz CT molecular complexity index is 700. The van der Waals surface area contributed by atoms with Gasteiger partial charge in [-0.3, -0.25) is 29.6 Å². The fourth-order valence-corrected chi connectivity index (χ4v) is 2.25. The monoisotopic (exact) mass is 260 g/mol. The number of nitrogens with zero attached hydrogens (tertiary/aromatic N) is 2. The Balaban J connectivity index is 2.09. The number of aryl methyl sites for hydroxylation is 1. The topological polar surface area (TPSA) is 87.2 Å². The fraction of sp³-hybridized carbons (Fsp3) is 0.250. The third kappa shape index (κ3) is 1.79. The molecule has 3 rings (SSSR count). The van der Waals surface area contributed by atoms with Crippen molar-refractivity contribution in [2.45, 2.75) is 6.42 Å². The van der Waals surface area contributed by atoms with Crippen LogP contribution in [0.25, 0.3) is 11.3 Å². The lowest BCUT2D eigenvalue weighted by molar-refractivity contribution is -0.120. The van der Waals surface area contributed by atoms with Gasteiger partial charge in [0.1, 0.15) is 5.82 Å². The molecule has 0 unspecified atom stereocenters. The number of nitrogens with one attached hydrogen (secondary N) is 2. The molecule has 19 heavy (non-hydrogen) atoms. The molecule has 1 aliphatic carbocycles. The number of benzene rings is 1. The van der Waals surface area contributed by atoms with Crippen LogP contribution in [0.1, 0.15) is 6.42 Å².